The highest BCUT2D eigenvalue weighted by atomic mass is 14.7. The van der Waals surface area contributed by atoms with Gasteiger partial charge in [-0.3, -0.25) is 0 Å². The van der Waals surface area contributed by atoms with E-state index < -0.39 is 0 Å². The smallest absolute Gasteiger partial charge is 0.0729 e. The normalized spacial score (nSPS) is 10.5. The molecule has 12 aromatic rings. The summed E-state index contributed by atoms with van der Waals surface area (Å²) >= 11 is 0. The summed E-state index contributed by atoms with van der Waals surface area (Å²) in [5.41, 5.74) is 46.5. The lowest BCUT2D eigenvalue weighted by atomic mass is 9.80. The van der Waals surface area contributed by atoms with Gasteiger partial charge in [-0.15, -0.1) is 0 Å². The molecule has 4 nitrogen and oxygen atoms in total. The lowest BCUT2D eigenvalue weighted by Crippen LogP contribution is -2.08. The Morgan fingerprint density at radius 1 is 0.213 bits per heavy atom. The van der Waals surface area contributed by atoms with Crippen LogP contribution >= 0.6 is 0 Å². The van der Waals surface area contributed by atoms with Gasteiger partial charge < -0.3 is 0 Å². The molecule has 108 heavy (non-hydrogen) atoms. The number of hydrogen-bond donors (Lipinski definition) is 0. The molecule has 0 atom stereocenters. The largest absolute Gasteiger partial charge is 0.206 e. The van der Waals surface area contributed by atoms with Gasteiger partial charge in [0, 0.05) is 0 Å². The minimum atomic E-state index is 0.432. The van der Waals surface area contributed by atoms with Gasteiger partial charge in [-0.25, -0.2) is 20.0 Å². The van der Waals surface area contributed by atoms with Crippen molar-refractivity contribution in [2.75, 3.05) is 0 Å². The van der Waals surface area contributed by atoms with Gasteiger partial charge in [0.05, 0.1) is 45.0 Å². The first-order valence-corrected chi connectivity index (χ1v) is 37.8. The maximum absolute atomic E-state index is 4.80. The van der Waals surface area contributed by atoms with Crippen LogP contribution in [0.4, 0.5) is 22.7 Å². The Labute approximate surface area is 647 Å². The van der Waals surface area contributed by atoms with Crippen molar-refractivity contribution in [2.45, 2.75) is 165 Å². The standard InChI is InChI=1S/C30H35N.C26H27N.C25H25N.C23H21N/c1-17-19(3)23(7)29(24(8)20(17)4)28(16-31-27-14-12-11-13-15-27)30-25(9)21(5)18(2)22(6)26(30)10;1-17-12-19(3)25(20(4)13-17)24(16-27-23-10-8-7-9-11-23)26-21(5)14-18(2)15-22(26)6;1-18(2)23-16-15-19(3)20(4)25(23)24(21-11-7-5-8-12-21)17-26-22-13-9-6-10-14-22;1-17-14-18(2)23(19(3)15-17)22(20-10-6-4-7-11-20)16-24-21-12-8-5-9-13-21/h11-15H,1-10H3;7-15H,1-6H3;5-16,18H,1-4H3;4-15H,1-3H3. The fraction of sp³-hybridized carbons (Fsp3) is 0.231. The van der Waals surface area contributed by atoms with Crippen molar-refractivity contribution in [3.8, 4) is 0 Å². The molecule has 0 aliphatic carbocycles. The number of hydrogen-bond acceptors (Lipinski definition) is 4. The van der Waals surface area contributed by atoms with Gasteiger partial charge in [-0.05, 0) is 374 Å². The maximum Gasteiger partial charge on any atom is 0.0729 e. The Bertz CT molecular complexity index is 5250. The molecular formula is C104H108N4. The molecule has 0 amide bonds. The van der Waals surface area contributed by atoms with E-state index in [9.17, 15) is 0 Å². The van der Waals surface area contributed by atoms with E-state index in [0.717, 1.165) is 56.2 Å². The summed E-state index contributed by atoms with van der Waals surface area (Å²) in [6.07, 6.45) is 0. The van der Waals surface area contributed by atoms with Crippen molar-refractivity contribution in [3.63, 3.8) is 0 Å². The summed E-state index contributed by atoms with van der Waals surface area (Å²) in [4.78, 5) is 18.7. The summed E-state index contributed by atoms with van der Waals surface area (Å²) in [7, 11) is 0. The second-order valence-corrected chi connectivity index (χ2v) is 29.4. The summed E-state index contributed by atoms with van der Waals surface area (Å²) in [6.45, 7) is 50.7. The number of para-hydroxylation sites is 4. The van der Waals surface area contributed by atoms with Crippen LogP contribution < -0.4 is 0 Å². The van der Waals surface area contributed by atoms with Crippen LogP contribution in [-0.4, -0.2) is 23.5 Å². The molecule has 0 aliphatic heterocycles. The Morgan fingerprint density at radius 3 is 0.704 bits per heavy atom. The summed E-state index contributed by atoms with van der Waals surface area (Å²) in [5.74, 6) is 14.1. The van der Waals surface area contributed by atoms with E-state index in [1.54, 1.807) is 0 Å². The Kier molecular flexibility index (Phi) is 27.7. The van der Waals surface area contributed by atoms with E-state index >= 15 is 0 Å². The van der Waals surface area contributed by atoms with Crippen LogP contribution in [-0.2, 0) is 0 Å². The summed E-state index contributed by atoms with van der Waals surface area (Å²) in [5, 5.41) is 0. The van der Waals surface area contributed by atoms with Crippen molar-refractivity contribution >= 4 is 68.5 Å². The lowest BCUT2D eigenvalue weighted by molar-refractivity contribution is 0.859. The van der Waals surface area contributed by atoms with E-state index in [-0.39, 0.29) is 0 Å². The molecule has 0 saturated heterocycles. The molecule has 0 radical (unpaired) electrons. The van der Waals surface area contributed by atoms with Crippen molar-refractivity contribution in [1.29, 1.82) is 0 Å². The second kappa shape index (κ2) is 37.1. The topological polar surface area (TPSA) is 49.4 Å². The van der Waals surface area contributed by atoms with Crippen LogP contribution in [0.3, 0.4) is 0 Å². The van der Waals surface area contributed by atoms with Gasteiger partial charge in [-0.1, -0.05) is 213 Å². The van der Waals surface area contributed by atoms with Crippen LogP contribution in [0.15, 0.2) is 250 Å². The van der Waals surface area contributed by atoms with Crippen LogP contribution in [0.5, 0.6) is 0 Å². The molecule has 4 heteroatoms. The minimum Gasteiger partial charge on any atom is -0.206 e. The van der Waals surface area contributed by atoms with Crippen LogP contribution in [0.2, 0.25) is 0 Å². The number of benzene rings is 12. The number of rotatable bonds is 13. The third kappa shape index (κ3) is 19.5. The average Bonchev–Trinajstić information content (AvgIpc) is 0.758. The molecular weight excluding hydrogens is 1310 g/mol. The Hall–Kier alpha value is -11.6. The second-order valence-electron chi connectivity index (χ2n) is 29.4. The molecule has 12 rings (SSSR count). The molecule has 544 valence electrons. The first-order valence-electron chi connectivity index (χ1n) is 37.8. The minimum absolute atomic E-state index is 0.432. The third-order valence-corrected chi connectivity index (χ3v) is 21.3. The van der Waals surface area contributed by atoms with E-state index in [0.29, 0.717) is 5.92 Å². The highest BCUT2D eigenvalue weighted by Gasteiger charge is 2.24. The van der Waals surface area contributed by atoms with E-state index in [2.05, 4.69) is 295 Å². The van der Waals surface area contributed by atoms with Crippen LogP contribution in [0, 0.1) is 145 Å². The predicted octanol–water partition coefficient (Wildman–Crippen LogP) is 28.1. The van der Waals surface area contributed by atoms with E-state index in [4.69, 9.17) is 4.99 Å². The first-order chi connectivity index (χ1) is 51.7. The zero-order chi connectivity index (χ0) is 78.0. The van der Waals surface area contributed by atoms with Crippen LogP contribution in [0.25, 0.3) is 22.3 Å². The number of aryl methyl sites for hydroxylation is 10. The summed E-state index contributed by atoms with van der Waals surface area (Å²) in [6, 6.07) is 78.8. The van der Waals surface area contributed by atoms with Crippen molar-refractivity contribution < 1.29 is 0 Å². The lowest BCUT2D eigenvalue weighted by Gasteiger charge is -2.24. The zero-order valence-electron chi connectivity index (χ0n) is 68.3. The zero-order valence-corrected chi connectivity index (χ0v) is 68.3. The molecule has 0 fully saturated rings. The van der Waals surface area contributed by atoms with Crippen molar-refractivity contribution in [1.82, 2.24) is 0 Å². The van der Waals surface area contributed by atoms with Gasteiger partial charge in [0.15, 0.2) is 0 Å². The highest BCUT2D eigenvalue weighted by molar-refractivity contribution is 6.05. The molecule has 0 heterocycles. The van der Waals surface area contributed by atoms with Crippen molar-refractivity contribution in [2.24, 2.45) is 20.0 Å². The average molecular weight is 1410 g/mol. The van der Waals surface area contributed by atoms with E-state index in [1.165, 1.54) is 156 Å². The quantitative estimate of drug-likeness (QED) is 0.103. The molecule has 0 spiro atoms. The first kappa shape index (κ1) is 80.5. The van der Waals surface area contributed by atoms with Gasteiger partial charge >= 0.3 is 0 Å². The number of nitrogens with zero attached hydrogens (tertiary/aromatic N) is 4. The molecule has 12 aromatic carbocycles. The third-order valence-electron chi connectivity index (χ3n) is 21.3. The molecule has 0 saturated carbocycles. The highest BCUT2D eigenvalue weighted by Crippen LogP contribution is 2.40. The fourth-order valence-corrected chi connectivity index (χ4v) is 14.8. The van der Waals surface area contributed by atoms with Gasteiger partial charge in [0.2, 0.25) is 0 Å². The summed E-state index contributed by atoms with van der Waals surface area (Å²) < 4.78 is 0. The predicted molar refractivity (Wildman–Crippen MR) is 469 cm³/mol. The molecule has 0 aliphatic rings. The van der Waals surface area contributed by atoms with Gasteiger partial charge in [0.25, 0.3) is 0 Å². The monoisotopic (exact) mass is 1410 g/mol. The Morgan fingerprint density at radius 2 is 0.435 bits per heavy atom. The van der Waals surface area contributed by atoms with Gasteiger partial charge in [-0.2, -0.15) is 0 Å². The maximum atomic E-state index is 4.80. The molecule has 0 aromatic heterocycles. The molecule has 0 bridgehead atoms. The van der Waals surface area contributed by atoms with Crippen LogP contribution in [0.1, 0.15) is 187 Å². The van der Waals surface area contributed by atoms with Gasteiger partial charge in [0.1, 0.15) is 0 Å². The fourth-order valence-electron chi connectivity index (χ4n) is 14.8. The number of aliphatic imine (C=N–C) groups is 4. The van der Waals surface area contributed by atoms with E-state index in [1.807, 2.05) is 133 Å². The van der Waals surface area contributed by atoms with Crippen molar-refractivity contribution in [3.05, 3.63) is 397 Å². The molecule has 0 N–H and O–H groups in total. The molecule has 0 unspecified atom stereocenters. The SMILES string of the molecule is Cc1c(C)c(C)c(C(=C=Nc2ccccc2)c2c(C)c(C)c(C)c(C)c2C)c(C)c1C.Cc1cc(C)c(C(=C=Nc2ccccc2)c2c(C)cc(C)cc2C)c(C)c1.Cc1cc(C)c(C(=C=Nc2ccccc2)c2ccccc2)c(C)c1.Cc1ccc(C(C)C)c(C(=C=Nc2ccccc2)c2ccccc2)c1C. The Balaban J connectivity index is 0.000000167.